The SMILES string of the molecule is NCc1ccnc(OCCC2CCC2)c1Cl. The molecule has 1 aliphatic carbocycles. The lowest BCUT2D eigenvalue weighted by Gasteiger charge is -2.24. The molecule has 0 aromatic carbocycles. The summed E-state index contributed by atoms with van der Waals surface area (Å²) < 4.78 is 5.59. The third-order valence-electron chi connectivity index (χ3n) is 3.15. The van der Waals surface area contributed by atoms with E-state index in [0.29, 0.717) is 24.1 Å². The monoisotopic (exact) mass is 240 g/mol. The van der Waals surface area contributed by atoms with Crippen molar-refractivity contribution in [1.82, 2.24) is 4.98 Å². The second-order valence-corrected chi connectivity index (χ2v) is 4.61. The lowest BCUT2D eigenvalue weighted by molar-refractivity contribution is 0.217. The predicted octanol–water partition coefficient (Wildman–Crippen LogP) is 2.76. The summed E-state index contributed by atoms with van der Waals surface area (Å²) in [4.78, 5) is 4.12. The quantitative estimate of drug-likeness (QED) is 0.861. The van der Waals surface area contributed by atoms with Crippen LogP contribution < -0.4 is 10.5 Å². The van der Waals surface area contributed by atoms with E-state index in [0.717, 1.165) is 17.9 Å². The Morgan fingerprint density at radius 2 is 2.31 bits per heavy atom. The molecule has 0 aliphatic heterocycles. The maximum atomic E-state index is 6.10. The molecule has 0 radical (unpaired) electrons. The molecule has 0 spiro atoms. The van der Waals surface area contributed by atoms with Gasteiger partial charge in [-0.05, 0) is 24.0 Å². The second kappa shape index (κ2) is 5.51. The van der Waals surface area contributed by atoms with Crippen molar-refractivity contribution < 1.29 is 4.74 Å². The maximum absolute atomic E-state index is 6.10. The fourth-order valence-electron chi connectivity index (χ4n) is 1.82. The van der Waals surface area contributed by atoms with Crippen molar-refractivity contribution in [3.63, 3.8) is 0 Å². The molecule has 0 saturated heterocycles. The topological polar surface area (TPSA) is 48.1 Å². The van der Waals surface area contributed by atoms with E-state index in [2.05, 4.69) is 4.98 Å². The van der Waals surface area contributed by atoms with Crippen LogP contribution in [-0.2, 0) is 6.54 Å². The Labute approximate surface area is 101 Å². The molecule has 3 nitrogen and oxygen atoms in total. The standard InChI is InChI=1S/C12H17ClN2O/c13-11-10(8-14)4-6-15-12(11)16-7-5-9-2-1-3-9/h4,6,9H,1-3,5,7-8,14H2. The van der Waals surface area contributed by atoms with Gasteiger partial charge in [-0.15, -0.1) is 0 Å². The molecule has 88 valence electrons. The first-order valence-electron chi connectivity index (χ1n) is 5.77. The van der Waals surface area contributed by atoms with Crippen molar-refractivity contribution >= 4 is 11.6 Å². The average Bonchev–Trinajstić information content (AvgIpc) is 2.24. The summed E-state index contributed by atoms with van der Waals surface area (Å²) in [7, 11) is 0. The van der Waals surface area contributed by atoms with Crippen LogP contribution in [0.4, 0.5) is 0 Å². The van der Waals surface area contributed by atoms with Gasteiger partial charge in [-0.25, -0.2) is 4.98 Å². The van der Waals surface area contributed by atoms with E-state index in [4.69, 9.17) is 22.1 Å². The highest BCUT2D eigenvalue weighted by Gasteiger charge is 2.17. The minimum Gasteiger partial charge on any atom is -0.477 e. The van der Waals surface area contributed by atoms with Crippen molar-refractivity contribution in [3.05, 3.63) is 22.8 Å². The van der Waals surface area contributed by atoms with Crippen LogP contribution in [-0.4, -0.2) is 11.6 Å². The first-order valence-corrected chi connectivity index (χ1v) is 6.15. The van der Waals surface area contributed by atoms with Crippen molar-refractivity contribution in [2.45, 2.75) is 32.2 Å². The molecular weight excluding hydrogens is 224 g/mol. The van der Waals surface area contributed by atoms with E-state index in [1.807, 2.05) is 6.07 Å². The maximum Gasteiger partial charge on any atom is 0.232 e. The summed E-state index contributed by atoms with van der Waals surface area (Å²) in [5.41, 5.74) is 6.44. The highest BCUT2D eigenvalue weighted by molar-refractivity contribution is 6.32. The molecule has 4 heteroatoms. The Hall–Kier alpha value is -0.800. The number of rotatable bonds is 5. The van der Waals surface area contributed by atoms with Crippen LogP contribution in [0.5, 0.6) is 5.88 Å². The normalized spacial score (nSPS) is 15.9. The van der Waals surface area contributed by atoms with Gasteiger partial charge in [-0.2, -0.15) is 0 Å². The molecule has 1 aromatic heterocycles. The summed E-state index contributed by atoms with van der Waals surface area (Å²) in [6.07, 6.45) is 6.84. The van der Waals surface area contributed by atoms with Gasteiger partial charge in [-0.1, -0.05) is 30.9 Å². The highest BCUT2D eigenvalue weighted by Crippen LogP contribution is 2.30. The van der Waals surface area contributed by atoms with E-state index < -0.39 is 0 Å². The van der Waals surface area contributed by atoms with Crippen molar-refractivity contribution in [3.8, 4) is 5.88 Å². The minimum absolute atomic E-state index is 0.417. The number of hydrogen-bond acceptors (Lipinski definition) is 3. The summed E-state index contributed by atoms with van der Waals surface area (Å²) >= 11 is 6.10. The van der Waals surface area contributed by atoms with Gasteiger partial charge in [0, 0.05) is 12.7 Å². The van der Waals surface area contributed by atoms with Crippen LogP contribution in [0.3, 0.4) is 0 Å². The van der Waals surface area contributed by atoms with Gasteiger partial charge in [0.05, 0.1) is 6.61 Å². The Kier molecular flexibility index (Phi) is 4.02. The van der Waals surface area contributed by atoms with Crippen LogP contribution in [0.2, 0.25) is 5.02 Å². The van der Waals surface area contributed by atoms with Gasteiger partial charge in [-0.3, -0.25) is 0 Å². The number of pyridine rings is 1. The van der Waals surface area contributed by atoms with E-state index in [-0.39, 0.29) is 0 Å². The third kappa shape index (κ3) is 2.66. The van der Waals surface area contributed by atoms with Gasteiger partial charge in [0.15, 0.2) is 0 Å². The molecule has 1 saturated carbocycles. The molecule has 2 N–H and O–H groups in total. The molecule has 0 bridgehead atoms. The smallest absolute Gasteiger partial charge is 0.232 e. The van der Waals surface area contributed by atoms with E-state index in [1.54, 1.807) is 6.20 Å². The van der Waals surface area contributed by atoms with Gasteiger partial charge < -0.3 is 10.5 Å². The predicted molar refractivity (Wildman–Crippen MR) is 64.6 cm³/mol. The Morgan fingerprint density at radius 3 is 2.94 bits per heavy atom. The van der Waals surface area contributed by atoms with E-state index in [1.165, 1.54) is 19.3 Å². The summed E-state index contributed by atoms with van der Waals surface area (Å²) in [6.45, 7) is 1.12. The molecule has 1 fully saturated rings. The molecular formula is C12H17ClN2O. The number of hydrogen-bond donors (Lipinski definition) is 1. The van der Waals surface area contributed by atoms with Crippen molar-refractivity contribution in [2.24, 2.45) is 11.7 Å². The van der Waals surface area contributed by atoms with Gasteiger partial charge >= 0.3 is 0 Å². The largest absolute Gasteiger partial charge is 0.477 e. The lowest BCUT2D eigenvalue weighted by atomic mass is 9.83. The zero-order valence-corrected chi connectivity index (χ0v) is 10.0. The molecule has 1 aromatic rings. The average molecular weight is 241 g/mol. The summed E-state index contributed by atoms with van der Waals surface area (Å²) in [5, 5.41) is 0.554. The number of halogens is 1. The highest BCUT2D eigenvalue weighted by atomic mass is 35.5. The molecule has 0 amide bonds. The first kappa shape index (κ1) is 11.7. The van der Waals surface area contributed by atoms with E-state index >= 15 is 0 Å². The van der Waals surface area contributed by atoms with Crippen molar-refractivity contribution in [2.75, 3.05) is 6.61 Å². The number of nitrogens with two attached hydrogens (primary N) is 1. The van der Waals surface area contributed by atoms with Gasteiger partial charge in [0.25, 0.3) is 0 Å². The summed E-state index contributed by atoms with van der Waals surface area (Å²) in [5.74, 6) is 1.36. The molecule has 2 rings (SSSR count). The Bertz CT molecular complexity index is 353. The Balaban J connectivity index is 1.87. The van der Waals surface area contributed by atoms with Crippen LogP contribution in [0.15, 0.2) is 12.3 Å². The van der Waals surface area contributed by atoms with Crippen LogP contribution in [0.25, 0.3) is 0 Å². The number of ether oxygens (including phenoxy) is 1. The molecule has 0 atom stereocenters. The first-order chi connectivity index (χ1) is 7.81. The lowest BCUT2D eigenvalue weighted by Crippen LogP contribution is -2.15. The molecule has 1 aliphatic rings. The molecule has 0 unspecified atom stereocenters. The molecule has 16 heavy (non-hydrogen) atoms. The Morgan fingerprint density at radius 1 is 1.50 bits per heavy atom. The van der Waals surface area contributed by atoms with Gasteiger partial charge in [0.2, 0.25) is 5.88 Å². The summed E-state index contributed by atoms with van der Waals surface area (Å²) in [6, 6.07) is 1.82. The fourth-order valence-corrected chi connectivity index (χ4v) is 2.07. The van der Waals surface area contributed by atoms with Crippen molar-refractivity contribution in [1.29, 1.82) is 0 Å². The fraction of sp³-hybridized carbons (Fsp3) is 0.583. The number of aromatic nitrogens is 1. The van der Waals surface area contributed by atoms with Crippen LogP contribution >= 0.6 is 11.6 Å². The van der Waals surface area contributed by atoms with Gasteiger partial charge in [0.1, 0.15) is 5.02 Å². The van der Waals surface area contributed by atoms with Crippen LogP contribution in [0.1, 0.15) is 31.2 Å². The zero-order valence-electron chi connectivity index (χ0n) is 9.29. The minimum atomic E-state index is 0.417. The third-order valence-corrected chi connectivity index (χ3v) is 3.55. The second-order valence-electron chi connectivity index (χ2n) is 4.23. The van der Waals surface area contributed by atoms with E-state index in [9.17, 15) is 0 Å². The zero-order chi connectivity index (χ0) is 11.4. The molecule has 1 heterocycles. The number of nitrogens with zero attached hydrogens (tertiary/aromatic N) is 1. The van der Waals surface area contributed by atoms with Crippen LogP contribution in [0, 0.1) is 5.92 Å².